The Morgan fingerprint density at radius 2 is 1.94 bits per heavy atom. The van der Waals surface area contributed by atoms with Gasteiger partial charge in [-0.05, 0) is 61.9 Å². The lowest BCUT2D eigenvalue weighted by Gasteiger charge is -2.39. The zero-order chi connectivity index (χ0) is 25.7. The van der Waals surface area contributed by atoms with E-state index in [4.69, 9.17) is 0 Å². The van der Waals surface area contributed by atoms with Crippen molar-refractivity contribution in [2.45, 2.75) is 70.9 Å². The summed E-state index contributed by atoms with van der Waals surface area (Å²) >= 11 is 0. The fraction of sp³-hybridized carbons (Fsp3) is 0.500. The molecular weight excluding hydrogens is 454 g/mol. The highest BCUT2D eigenvalue weighted by molar-refractivity contribution is 6.06. The first-order valence-electron chi connectivity index (χ1n) is 12.8. The van der Waals surface area contributed by atoms with Gasteiger partial charge in [-0.3, -0.25) is 14.4 Å². The van der Waals surface area contributed by atoms with Crippen LogP contribution in [0.1, 0.15) is 57.2 Å². The molecular formula is C28H35N5O3. The number of nitrogens with one attached hydrogen (secondary N) is 3. The molecule has 0 radical (unpaired) electrons. The van der Waals surface area contributed by atoms with Gasteiger partial charge in [0.15, 0.2) is 0 Å². The molecule has 1 aliphatic carbocycles. The van der Waals surface area contributed by atoms with E-state index in [-0.39, 0.29) is 30.3 Å². The highest BCUT2D eigenvalue weighted by Gasteiger charge is 2.51. The van der Waals surface area contributed by atoms with Crippen molar-refractivity contribution in [2.24, 2.45) is 5.41 Å². The number of carbonyl (C=O) groups excluding carboxylic acids is 3. The van der Waals surface area contributed by atoms with Crippen molar-refractivity contribution in [2.75, 3.05) is 23.7 Å². The van der Waals surface area contributed by atoms with Crippen LogP contribution in [0.3, 0.4) is 0 Å². The maximum Gasteiger partial charge on any atom is 0.244 e. The largest absolute Gasteiger partial charge is 0.329 e. The van der Waals surface area contributed by atoms with Crippen LogP contribution in [0, 0.1) is 5.41 Å². The second-order valence-corrected chi connectivity index (χ2v) is 11.5. The minimum absolute atomic E-state index is 0.00638. The predicted octanol–water partition coefficient (Wildman–Crippen LogP) is 3.02. The highest BCUT2D eigenvalue weighted by atomic mass is 16.2. The normalized spacial score (nSPS) is 24.7. The summed E-state index contributed by atoms with van der Waals surface area (Å²) in [6.45, 7) is 8.52. The number of carbonyl (C=O) groups is 3. The molecule has 1 aromatic carbocycles. The van der Waals surface area contributed by atoms with E-state index in [0.29, 0.717) is 36.9 Å². The third kappa shape index (κ3) is 4.39. The molecule has 1 unspecified atom stereocenters. The van der Waals surface area contributed by atoms with Crippen molar-refractivity contribution in [3.63, 3.8) is 0 Å². The number of aromatic nitrogens is 1. The number of pyridine rings is 1. The Hall–Kier alpha value is -3.26. The van der Waals surface area contributed by atoms with Crippen LogP contribution in [-0.4, -0.2) is 52.8 Å². The maximum atomic E-state index is 13.2. The van der Waals surface area contributed by atoms with Gasteiger partial charge in [0, 0.05) is 41.5 Å². The van der Waals surface area contributed by atoms with E-state index in [1.807, 2.05) is 51.1 Å². The number of rotatable bonds is 4. The van der Waals surface area contributed by atoms with Gasteiger partial charge in [0.2, 0.25) is 17.7 Å². The first-order chi connectivity index (χ1) is 17.1. The molecule has 3 heterocycles. The number of benzene rings is 1. The van der Waals surface area contributed by atoms with Gasteiger partial charge in [0.25, 0.3) is 0 Å². The molecule has 3 aliphatic rings. The standard InChI is InChI=1S/C28H35N5O3/c1-17-7-10-21(15-30-17)33(26(36)27(2,3)4)16-23(34)31-20-9-8-18-13-28(14-19(18)12-20)22-6-5-11-29-24(22)32-25(28)35/h5-6,8-9,11-12,17,21,30H,7,10,13-16H2,1-4H3,(H,31,34)(H,29,32,35)/t17?,21-,28+/m0/s1. The van der Waals surface area contributed by atoms with Crippen molar-refractivity contribution in [3.05, 3.63) is 53.2 Å². The number of nitrogens with zero attached hydrogens (tertiary/aromatic N) is 2. The van der Waals surface area contributed by atoms with Crippen LogP contribution in [0.2, 0.25) is 0 Å². The summed E-state index contributed by atoms with van der Waals surface area (Å²) in [5.74, 6) is 0.380. The first kappa shape index (κ1) is 24.4. The van der Waals surface area contributed by atoms with Crippen LogP contribution in [-0.2, 0) is 32.6 Å². The summed E-state index contributed by atoms with van der Waals surface area (Å²) in [6, 6.07) is 10.1. The van der Waals surface area contributed by atoms with Gasteiger partial charge >= 0.3 is 0 Å². The Labute approximate surface area is 212 Å². The third-order valence-electron chi connectivity index (χ3n) is 7.76. The van der Waals surface area contributed by atoms with Crippen molar-refractivity contribution >= 4 is 29.2 Å². The smallest absolute Gasteiger partial charge is 0.244 e. The molecule has 1 fully saturated rings. The Morgan fingerprint density at radius 1 is 1.17 bits per heavy atom. The van der Waals surface area contributed by atoms with Crippen LogP contribution in [0.4, 0.5) is 11.5 Å². The van der Waals surface area contributed by atoms with E-state index >= 15 is 0 Å². The second-order valence-electron chi connectivity index (χ2n) is 11.5. The third-order valence-corrected chi connectivity index (χ3v) is 7.76. The molecule has 0 bridgehead atoms. The number of hydrogen-bond acceptors (Lipinski definition) is 5. The average molecular weight is 490 g/mol. The predicted molar refractivity (Wildman–Crippen MR) is 139 cm³/mol. The van der Waals surface area contributed by atoms with Gasteiger partial charge in [-0.2, -0.15) is 0 Å². The Bertz CT molecular complexity index is 1210. The average Bonchev–Trinajstić information content (AvgIpc) is 3.34. The summed E-state index contributed by atoms with van der Waals surface area (Å²) in [4.78, 5) is 45.4. The van der Waals surface area contributed by atoms with Crippen molar-refractivity contribution in [3.8, 4) is 0 Å². The molecule has 3 N–H and O–H groups in total. The monoisotopic (exact) mass is 489 g/mol. The Kier molecular flexibility index (Phi) is 6.11. The van der Waals surface area contributed by atoms with Crippen LogP contribution >= 0.6 is 0 Å². The lowest BCUT2D eigenvalue weighted by Crippen LogP contribution is -2.55. The number of amides is 3. The molecule has 5 rings (SSSR count). The van der Waals surface area contributed by atoms with Crippen LogP contribution < -0.4 is 16.0 Å². The second kappa shape index (κ2) is 9.00. The van der Waals surface area contributed by atoms with E-state index in [2.05, 4.69) is 27.9 Å². The van der Waals surface area contributed by atoms with E-state index in [1.54, 1.807) is 11.1 Å². The number of piperidine rings is 1. The molecule has 36 heavy (non-hydrogen) atoms. The molecule has 0 saturated carbocycles. The quantitative estimate of drug-likeness (QED) is 0.613. The molecule has 1 saturated heterocycles. The van der Waals surface area contributed by atoms with Crippen LogP contribution in [0.25, 0.3) is 0 Å². The van der Waals surface area contributed by atoms with Gasteiger partial charge < -0.3 is 20.9 Å². The molecule has 1 spiro atoms. The van der Waals surface area contributed by atoms with Crippen molar-refractivity contribution < 1.29 is 14.4 Å². The maximum absolute atomic E-state index is 13.2. The topological polar surface area (TPSA) is 103 Å². The number of fused-ring (bicyclic) bond motifs is 3. The van der Waals surface area contributed by atoms with Crippen molar-refractivity contribution in [1.29, 1.82) is 0 Å². The van der Waals surface area contributed by atoms with Gasteiger partial charge in [-0.25, -0.2) is 4.98 Å². The van der Waals surface area contributed by atoms with Gasteiger partial charge in [-0.1, -0.05) is 32.9 Å². The van der Waals surface area contributed by atoms with E-state index in [0.717, 1.165) is 29.5 Å². The molecule has 190 valence electrons. The Balaban J connectivity index is 1.31. The van der Waals surface area contributed by atoms with E-state index < -0.39 is 10.8 Å². The zero-order valence-corrected chi connectivity index (χ0v) is 21.5. The summed E-state index contributed by atoms with van der Waals surface area (Å²) in [5.41, 5.74) is 2.55. The summed E-state index contributed by atoms with van der Waals surface area (Å²) in [7, 11) is 0. The highest BCUT2D eigenvalue weighted by Crippen LogP contribution is 2.46. The van der Waals surface area contributed by atoms with E-state index in [9.17, 15) is 14.4 Å². The lowest BCUT2D eigenvalue weighted by atomic mass is 9.79. The molecule has 3 atom stereocenters. The SMILES string of the molecule is CC1CC[C@H](N(CC(=O)Nc2ccc3c(c2)C[C@@]2(C3)C(=O)Nc3ncccc32)C(=O)C(C)(C)C)CN1. The summed E-state index contributed by atoms with van der Waals surface area (Å²) in [6.07, 6.45) is 4.71. The van der Waals surface area contributed by atoms with Crippen LogP contribution in [0.15, 0.2) is 36.5 Å². The molecule has 2 aromatic rings. The van der Waals surface area contributed by atoms with E-state index in [1.165, 1.54) is 0 Å². The fourth-order valence-corrected chi connectivity index (χ4v) is 5.75. The fourth-order valence-electron chi connectivity index (χ4n) is 5.75. The van der Waals surface area contributed by atoms with Gasteiger partial charge in [0.1, 0.15) is 12.4 Å². The molecule has 2 aliphatic heterocycles. The van der Waals surface area contributed by atoms with Crippen LogP contribution in [0.5, 0.6) is 0 Å². The van der Waals surface area contributed by atoms with Gasteiger partial charge in [-0.15, -0.1) is 0 Å². The first-order valence-corrected chi connectivity index (χ1v) is 12.8. The molecule has 8 heteroatoms. The number of hydrogen-bond donors (Lipinski definition) is 3. The molecule has 3 amide bonds. The number of anilines is 2. The van der Waals surface area contributed by atoms with Gasteiger partial charge in [0.05, 0.1) is 5.41 Å². The van der Waals surface area contributed by atoms with Crippen molar-refractivity contribution in [1.82, 2.24) is 15.2 Å². The minimum atomic E-state index is -0.643. The molecule has 1 aromatic heterocycles. The molecule has 8 nitrogen and oxygen atoms in total. The summed E-state index contributed by atoms with van der Waals surface area (Å²) < 4.78 is 0. The Morgan fingerprint density at radius 3 is 2.67 bits per heavy atom. The minimum Gasteiger partial charge on any atom is -0.329 e. The summed E-state index contributed by atoms with van der Waals surface area (Å²) in [5, 5.41) is 9.37. The lowest BCUT2D eigenvalue weighted by molar-refractivity contribution is -0.144. The zero-order valence-electron chi connectivity index (χ0n) is 21.5.